The molecule has 0 fully saturated rings. The van der Waals surface area contributed by atoms with Crippen LogP contribution < -0.4 is 5.73 Å². The monoisotopic (exact) mass is 175 g/mol. The van der Waals surface area contributed by atoms with Gasteiger partial charge in [-0.05, 0) is 12.5 Å². The van der Waals surface area contributed by atoms with E-state index in [1.54, 1.807) is 12.1 Å². The lowest BCUT2D eigenvalue weighted by atomic mass is 10.3. The summed E-state index contributed by atoms with van der Waals surface area (Å²) in [4.78, 5) is 0. The van der Waals surface area contributed by atoms with Crippen LogP contribution in [0.15, 0.2) is 18.7 Å². The van der Waals surface area contributed by atoms with E-state index in [2.05, 4.69) is 12.6 Å². The second-order valence-corrected chi connectivity index (χ2v) is 2.80. The van der Waals surface area contributed by atoms with Crippen LogP contribution >= 0.6 is 0 Å². The highest BCUT2D eigenvalue weighted by Crippen LogP contribution is 2.18. The Kier molecular flexibility index (Phi) is 2.76. The maximum absolute atomic E-state index is 8.82. The molecular weight excluding hydrogens is 162 g/mol. The summed E-state index contributed by atoms with van der Waals surface area (Å²) in [5.41, 5.74) is 8.06. The van der Waals surface area contributed by atoms with Gasteiger partial charge in [-0.2, -0.15) is 5.26 Å². The van der Waals surface area contributed by atoms with E-state index in [0.717, 1.165) is 12.1 Å². The molecule has 0 aliphatic heterocycles. The van der Waals surface area contributed by atoms with E-state index < -0.39 is 0 Å². The van der Waals surface area contributed by atoms with Crippen molar-refractivity contribution in [3.8, 4) is 6.07 Å². The van der Waals surface area contributed by atoms with Gasteiger partial charge in [0.25, 0.3) is 0 Å². The van der Waals surface area contributed by atoms with Gasteiger partial charge in [0.2, 0.25) is 0 Å². The molecule has 2 N–H and O–H groups in total. The summed E-state index contributed by atoms with van der Waals surface area (Å²) in [6, 6.07) is 3.82. The Hall–Kier alpha value is -1.69. The summed E-state index contributed by atoms with van der Waals surface area (Å²) in [7, 11) is 0. The van der Waals surface area contributed by atoms with Gasteiger partial charge in [0, 0.05) is 12.2 Å². The molecule has 1 rings (SSSR count). The van der Waals surface area contributed by atoms with Gasteiger partial charge in [-0.15, -0.1) is 6.58 Å². The van der Waals surface area contributed by atoms with Crippen molar-refractivity contribution in [2.45, 2.75) is 19.9 Å². The first-order valence-corrected chi connectivity index (χ1v) is 4.23. The average Bonchev–Trinajstić information content (AvgIpc) is 2.43. The number of anilines is 1. The first-order valence-electron chi connectivity index (χ1n) is 4.23. The van der Waals surface area contributed by atoms with E-state index >= 15 is 0 Å². The number of nitriles is 1. The third-order valence-electron chi connectivity index (χ3n) is 2.00. The number of nitrogens with two attached hydrogens (primary N) is 1. The van der Waals surface area contributed by atoms with Crippen molar-refractivity contribution in [1.82, 2.24) is 4.57 Å². The minimum atomic E-state index is 0.606. The van der Waals surface area contributed by atoms with E-state index in [4.69, 9.17) is 11.0 Å². The molecule has 0 radical (unpaired) electrons. The standard InChI is InChI=1S/C10H13N3/c1-3-5-13-8(7-11)6-9(12)10(13)4-2/h3,6H,1,4-5,12H2,2H3. The zero-order chi connectivity index (χ0) is 9.84. The van der Waals surface area contributed by atoms with Crippen LogP contribution in [0.25, 0.3) is 0 Å². The smallest absolute Gasteiger partial charge is 0.122 e. The fraction of sp³-hybridized carbons (Fsp3) is 0.300. The summed E-state index contributed by atoms with van der Waals surface area (Å²) >= 11 is 0. The molecule has 1 aromatic rings. The number of allylic oxidation sites excluding steroid dienone is 1. The average molecular weight is 175 g/mol. The summed E-state index contributed by atoms with van der Waals surface area (Å²) in [6.45, 7) is 6.31. The topological polar surface area (TPSA) is 54.7 Å². The molecule has 1 aromatic heterocycles. The third kappa shape index (κ3) is 1.57. The van der Waals surface area contributed by atoms with Gasteiger partial charge < -0.3 is 10.3 Å². The fourth-order valence-corrected chi connectivity index (χ4v) is 1.44. The van der Waals surface area contributed by atoms with Crippen LogP contribution in [0.4, 0.5) is 5.69 Å². The largest absolute Gasteiger partial charge is 0.397 e. The van der Waals surface area contributed by atoms with E-state index in [-0.39, 0.29) is 0 Å². The van der Waals surface area contributed by atoms with Crippen molar-refractivity contribution in [3.63, 3.8) is 0 Å². The van der Waals surface area contributed by atoms with Gasteiger partial charge in [0.1, 0.15) is 11.8 Å². The van der Waals surface area contributed by atoms with Gasteiger partial charge >= 0.3 is 0 Å². The Morgan fingerprint density at radius 3 is 2.92 bits per heavy atom. The quantitative estimate of drug-likeness (QED) is 0.711. The molecule has 0 aliphatic rings. The Balaban J connectivity index is 3.25. The molecule has 0 spiro atoms. The van der Waals surface area contributed by atoms with Crippen LogP contribution in [0.1, 0.15) is 18.3 Å². The molecule has 3 nitrogen and oxygen atoms in total. The summed E-state index contributed by atoms with van der Waals surface area (Å²) in [5.74, 6) is 0. The molecule has 13 heavy (non-hydrogen) atoms. The van der Waals surface area contributed by atoms with Crippen LogP contribution in [-0.4, -0.2) is 4.57 Å². The normalized spacial score (nSPS) is 9.54. The lowest BCUT2D eigenvalue weighted by Crippen LogP contribution is -2.03. The van der Waals surface area contributed by atoms with Crippen LogP contribution in [0, 0.1) is 11.3 Å². The zero-order valence-corrected chi connectivity index (χ0v) is 7.75. The van der Waals surface area contributed by atoms with E-state index in [1.165, 1.54) is 0 Å². The molecule has 0 atom stereocenters. The van der Waals surface area contributed by atoms with Crippen molar-refractivity contribution in [3.05, 3.63) is 30.1 Å². The van der Waals surface area contributed by atoms with Crippen LogP contribution in [-0.2, 0) is 13.0 Å². The molecule has 0 aliphatic carbocycles. The van der Waals surface area contributed by atoms with E-state index in [9.17, 15) is 0 Å². The summed E-state index contributed by atoms with van der Waals surface area (Å²) in [6.07, 6.45) is 2.60. The molecule has 0 amide bonds. The van der Waals surface area contributed by atoms with Crippen molar-refractivity contribution in [1.29, 1.82) is 5.26 Å². The minimum absolute atomic E-state index is 0.606. The molecule has 0 bridgehead atoms. The van der Waals surface area contributed by atoms with Crippen molar-refractivity contribution in [2.75, 3.05) is 5.73 Å². The van der Waals surface area contributed by atoms with Gasteiger partial charge in [0.15, 0.2) is 0 Å². The number of hydrogen-bond acceptors (Lipinski definition) is 2. The van der Waals surface area contributed by atoms with Crippen molar-refractivity contribution in [2.24, 2.45) is 0 Å². The van der Waals surface area contributed by atoms with Crippen molar-refractivity contribution < 1.29 is 0 Å². The highest BCUT2D eigenvalue weighted by atomic mass is 15.0. The zero-order valence-electron chi connectivity index (χ0n) is 7.75. The molecule has 0 saturated heterocycles. The van der Waals surface area contributed by atoms with E-state index in [0.29, 0.717) is 17.9 Å². The molecule has 0 saturated carbocycles. The van der Waals surface area contributed by atoms with Crippen LogP contribution in [0.5, 0.6) is 0 Å². The number of rotatable bonds is 3. The first-order chi connectivity index (χ1) is 6.24. The number of hydrogen-bond donors (Lipinski definition) is 1. The van der Waals surface area contributed by atoms with Crippen LogP contribution in [0.3, 0.4) is 0 Å². The number of nitrogens with zero attached hydrogens (tertiary/aromatic N) is 2. The predicted molar refractivity (Wildman–Crippen MR) is 53.1 cm³/mol. The Morgan fingerprint density at radius 1 is 1.77 bits per heavy atom. The lowest BCUT2D eigenvalue weighted by molar-refractivity contribution is 0.760. The molecule has 3 heteroatoms. The number of nitrogen functional groups attached to an aromatic ring is 1. The van der Waals surface area contributed by atoms with Crippen LogP contribution in [0.2, 0.25) is 0 Å². The summed E-state index contributed by atoms with van der Waals surface area (Å²) in [5, 5.41) is 8.82. The maximum atomic E-state index is 8.82. The highest BCUT2D eigenvalue weighted by Gasteiger charge is 2.09. The van der Waals surface area contributed by atoms with E-state index in [1.807, 2.05) is 11.5 Å². The Bertz CT molecular complexity index is 355. The predicted octanol–water partition coefficient (Wildman–Crippen LogP) is 1.69. The lowest BCUT2D eigenvalue weighted by Gasteiger charge is -2.05. The first kappa shape index (κ1) is 9.40. The maximum Gasteiger partial charge on any atom is 0.122 e. The second-order valence-electron chi connectivity index (χ2n) is 2.80. The molecule has 0 aromatic carbocycles. The fourth-order valence-electron chi connectivity index (χ4n) is 1.44. The Morgan fingerprint density at radius 2 is 2.46 bits per heavy atom. The van der Waals surface area contributed by atoms with Gasteiger partial charge in [-0.1, -0.05) is 13.0 Å². The van der Waals surface area contributed by atoms with Gasteiger partial charge in [-0.3, -0.25) is 0 Å². The molecule has 1 heterocycles. The highest BCUT2D eigenvalue weighted by molar-refractivity contribution is 5.50. The minimum Gasteiger partial charge on any atom is -0.397 e. The van der Waals surface area contributed by atoms with Gasteiger partial charge in [0.05, 0.1) is 5.69 Å². The summed E-state index contributed by atoms with van der Waals surface area (Å²) < 4.78 is 1.89. The molecule has 0 unspecified atom stereocenters. The molecule has 68 valence electrons. The number of aromatic nitrogens is 1. The van der Waals surface area contributed by atoms with Gasteiger partial charge in [-0.25, -0.2) is 0 Å². The molecular formula is C10H13N3. The second kappa shape index (κ2) is 3.81. The van der Waals surface area contributed by atoms with Crippen molar-refractivity contribution >= 4 is 5.69 Å². The third-order valence-corrected chi connectivity index (χ3v) is 2.00. The Labute approximate surface area is 78.1 Å². The SMILES string of the molecule is C=CCn1c(C#N)cc(N)c1CC.